The molecule has 178 valence electrons. The summed E-state index contributed by atoms with van der Waals surface area (Å²) in [5, 5.41) is 2.88. The zero-order valence-electron chi connectivity index (χ0n) is 18.7. The van der Waals surface area contributed by atoms with Crippen molar-refractivity contribution in [2.75, 3.05) is 40.5 Å². The van der Waals surface area contributed by atoms with Gasteiger partial charge < -0.3 is 24.3 Å². The molecule has 2 aromatic rings. The molecule has 0 aliphatic carbocycles. The van der Waals surface area contributed by atoms with Crippen molar-refractivity contribution < 1.29 is 32.2 Å². The molecule has 1 N–H and O–H groups in total. The SMILES string of the molecule is COc1ccc(CCNC(=O)C2CCCN2S(=O)(=O)c2ccc3c(c2)OCCO3)cc1OC. The average Bonchev–Trinajstić information content (AvgIpc) is 3.34. The highest BCUT2D eigenvalue weighted by molar-refractivity contribution is 7.89. The Hall–Kier alpha value is -2.98. The van der Waals surface area contributed by atoms with Gasteiger partial charge in [-0.1, -0.05) is 6.07 Å². The Balaban J connectivity index is 1.41. The van der Waals surface area contributed by atoms with Crippen LogP contribution in [-0.4, -0.2) is 65.2 Å². The van der Waals surface area contributed by atoms with Crippen molar-refractivity contribution in [1.82, 2.24) is 9.62 Å². The van der Waals surface area contributed by atoms with E-state index in [0.29, 0.717) is 68.6 Å². The predicted molar refractivity (Wildman–Crippen MR) is 121 cm³/mol. The molecule has 2 aromatic carbocycles. The number of ether oxygens (including phenoxy) is 4. The van der Waals surface area contributed by atoms with Crippen molar-refractivity contribution in [2.24, 2.45) is 0 Å². The van der Waals surface area contributed by atoms with Crippen LogP contribution in [0.25, 0.3) is 0 Å². The number of nitrogens with one attached hydrogen (secondary N) is 1. The van der Waals surface area contributed by atoms with Crippen LogP contribution in [0.15, 0.2) is 41.3 Å². The molecule has 0 saturated carbocycles. The van der Waals surface area contributed by atoms with Gasteiger partial charge in [0.25, 0.3) is 0 Å². The van der Waals surface area contributed by atoms with Crippen LogP contribution in [-0.2, 0) is 21.2 Å². The number of nitrogens with zero attached hydrogens (tertiary/aromatic N) is 1. The van der Waals surface area contributed by atoms with Crippen molar-refractivity contribution in [3.8, 4) is 23.0 Å². The fraction of sp³-hybridized carbons (Fsp3) is 0.435. The van der Waals surface area contributed by atoms with E-state index in [1.165, 1.54) is 16.4 Å². The van der Waals surface area contributed by atoms with Gasteiger partial charge in [0, 0.05) is 19.2 Å². The maximum absolute atomic E-state index is 13.3. The number of benzene rings is 2. The second-order valence-corrected chi connectivity index (χ2v) is 9.70. The molecule has 2 aliphatic rings. The monoisotopic (exact) mass is 476 g/mol. The van der Waals surface area contributed by atoms with Crippen molar-refractivity contribution in [2.45, 2.75) is 30.2 Å². The molecule has 0 radical (unpaired) electrons. The fourth-order valence-corrected chi connectivity index (χ4v) is 5.77. The molecule has 10 heteroatoms. The predicted octanol–water partition coefficient (Wildman–Crippen LogP) is 1.99. The van der Waals surface area contributed by atoms with Crippen LogP contribution in [0.4, 0.5) is 0 Å². The third-order valence-electron chi connectivity index (χ3n) is 5.79. The summed E-state index contributed by atoms with van der Waals surface area (Å²) in [5.41, 5.74) is 0.972. The van der Waals surface area contributed by atoms with Gasteiger partial charge in [0.15, 0.2) is 23.0 Å². The maximum atomic E-state index is 13.3. The topological polar surface area (TPSA) is 103 Å². The van der Waals surface area contributed by atoms with Gasteiger partial charge in [-0.15, -0.1) is 0 Å². The quantitative estimate of drug-likeness (QED) is 0.621. The van der Waals surface area contributed by atoms with Crippen LogP contribution in [0.5, 0.6) is 23.0 Å². The first-order chi connectivity index (χ1) is 15.9. The molecule has 9 nitrogen and oxygen atoms in total. The lowest BCUT2D eigenvalue weighted by molar-refractivity contribution is -0.124. The van der Waals surface area contributed by atoms with Gasteiger partial charge in [-0.05, 0) is 49.1 Å². The number of carbonyl (C=O) groups is 1. The first-order valence-electron chi connectivity index (χ1n) is 10.8. The number of sulfonamides is 1. The van der Waals surface area contributed by atoms with Gasteiger partial charge in [0.05, 0.1) is 19.1 Å². The average molecular weight is 477 g/mol. The number of hydrogen-bond donors (Lipinski definition) is 1. The molecule has 0 spiro atoms. The Kier molecular flexibility index (Phi) is 6.94. The number of hydrogen-bond acceptors (Lipinski definition) is 7. The number of amides is 1. The van der Waals surface area contributed by atoms with Crippen LogP contribution in [0, 0.1) is 0 Å². The first kappa shape index (κ1) is 23.2. The van der Waals surface area contributed by atoms with Crippen molar-refractivity contribution in [3.05, 3.63) is 42.0 Å². The number of rotatable bonds is 8. The molecule has 33 heavy (non-hydrogen) atoms. The van der Waals surface area contributed by atoms with E-state index in [-0.39, 0.29) is 10.8 Å². The maximum Gasteiger partial charge on any atom is 0.243 e. The number of fused-ring (bicyclic) bond motifs is 1. The van der Waals surface area contributed by atoms with E-state index in [9.17, 15) is 13.2 Å². The van der Waals surface area contributed by atoms with Gasteiger partial charge in [-0.2, -0.15) is 4.31 Å². The van der Waals surface area contributed by atoms with Gasteiger partial charge in [-0.25, -0.2) is 8.42 Å². The molecule has 1 fully saturated rings. The van der Waals surface area contributed by atoms with E-state index in [0.717, 1.165) is 5.56 Å². The molecular weight excluding hydrogens is 448 g/mol. The molecule has 1 saturated heterocycles. The second kappa shape index (κ2) is 9.88. The van der Waals surface area contributed by atoms with Crippen LogP contribution < -0.4 is 24.3 Å². The van der Waals surface area contributed by atoms with Gasteiger partial charge >= 0.3 is 0 Å². The Labute approximate surface area is 193 Å². The van der Waals surface area contributed by atoms with Crippen molar-refractivity contribution in [3.63, 3.8) is 0 Å². The number of methoxy groups -OCH3 is 2. The van der Waals surface area contributed by atoms with E-state index in [2.05, 4.69) is 5.32 Å². The Bertz CT molecular complexity index is 1120. The molecule has 0 bridgehead atoms. The van der Waals surface area contributed by atoms with Crippen LogP contribution in [0.2, 0.25) is 0 Å². The summed E-state index contributed by atoms with van der Waals surface area (Å²) in [4.78, 5) is 13.0. The van der Waals surface area contributed by atoms with Gasteiger partial charge in [-0.3, -0.25) is 4.79 Å². The zero-order chi connectivity index (χ0) is 23.4. The second-order valence-electron chi connectivity index (χ2n) is 7.81. The highest BCUT2D eigenvalue weighted by Crippen LogP contribution is 2.35. The normalized spacial score (nSPS) is 18.1. The third kappa shape index (κ3) is 4.86. The lowest BCUT2D eigenvalue weighted by atomic mass is 10.1. The summed E-state index contributed by atoms with van der Waals surface area (Å²) < 4.78 is 49.4. The van der Waals surface area contributed by atoms with E-state index < -0.39 is 16.1 Å². The molecule has 1 atom stereocenters. The van der Waals surface area contributed by atoms with Crippen molar-refractivity contribution >= 4 is 15.9 Å². The van der Waals surface area contributed by atoms with Crippen LogP contribution >= 0.6 is 0 Å². The minimum atomic E-state index is -3.85. The summed E-state index contributed by atoms with van der Waals surface area (Å²) in [5.74, 6) is 1.88. The molecule has 1 amide bonds. The van der Waals surface area contributed by atoms with Crippen molar-refractivity contribution in [1.29, 1.82) is 0 Å². The van der Waals surface area contributed by atoms with Gasteiger partial charge in [0.1, 0.15) is 19.3 Å². The largest absolute Gasteiger partial charge is 0.493 e. The molecular formula is C23H28N2O7S. The summed E-state index contributed by atoms with van der Waals surface area (Å²) in [7, 11) is -0.711. The van der Waals surface area contributed by atoms with Crippen LogP contribution in [0.1, 0.15) is 18.4 Å². The van der Waals surface area contributed by atoms with E-state index in [4.69, 9.17) is 18.9 Å². The lowest BCUT2D eigenvalue weighted by Crippen LogP contribution is -2.46. The number of carbonyl (C=O) groups excluding carboxylic acids is 1. The fourth-order valence-electron chi connectivity index (χ4n) is 4.09. The molecule has 0 aromatic heterocycles. The zero-order valence-corrected chi connectivity index (χ0v) is 19.5. The van der Waals surface area contributed by atoms with E-state index in [1.807, 2.05) is 18.2 Å². The highest BCUT2D eigenvalue weighted by Gasteiger charge is 2.39. The Morgan fingerprint density at radius 1 is 1.06 bits per heavy atom. The summed E-state index contributed by atoms with van der Waals surface area (Å²) in [6.45, 7) is 1.47. The van der Waals surface area contributed by atoms with E-state index >= 15 is 0 Å². The lowest BCUT2D eigenvalue weighted by Gasteiger charge is -2.24. The first-order valence-corrected chi connectivity index (χ1v) is 12.3. The Morgan fingerprint density at radius 2 is 1.82 bits per heavy atom. The highest BCUT2D eigenvalue weighted by atomic mass is 32.2. The minimum absolute atomic E-state index is 0.0942. The smallest absolute Gasteiger partial charge is 0.243 e. The third-order valence-corrected chi connectivity index (χ3v) is 7.69. The standard InChI is InChI=1S/C23H28N2O7S/c1-29-19-7-5-16(14-21(19)30-2)9-10-24-23(26)18-4-3-11-25(18)33(27,28)17-6-8-20-22(15-17)32-13-12-31-20/h5-8,14-15,18H,3-4,9-13H2,1-2H3,(H,24,26). The molecule has 2 heterocycles. The minimum Gasteiger partial charge on any atom is -0.493 e. The summed E-state index contributed by atoms with van der Waals surface area (Å²) >= 11 is 0. The summed E-state index contributed by atoms with van der Waals surface area (Å²) in [6.07, 6.45) is 1.68. The Morgan fingerprint density at radius 3 is 2.58 bits per heavy atom. The molecule has 4 rings (SSSR count). The van der Waals surface area contributed by atoms with Gasteiger partial charge in [0.2, 0.25) is 15.9 Å². The van der Waals surface area contributed by atoms with Crippen LogP contribution in [0.3, 0.4) is 0 Å². The molecule has 2 aliphatic heterocycles. The molecule has 1 unspecified atom stereocenters. The summed E-state index contributed by atoms with van der Waals surface area (Å²) in [6, 6.07) is 9.39. The van der Waals surface area contributed by atoms with E-state index in [1.54, 1.807) is 20.3 Å².